The molecule has 1 aromatic heterocycles. The number of aromatic amines is 1. The summed E-state index contributed by atoms with van der Waals surface area (Å²) >= 11 is 5.01. The van der Waals surface area contributed by atoms with Crippen LogP contribution in [0, 0.1) is 17.5 Å². The van der Waals surface area contributed by atoms with Crippen LogP contribution in [-0.2, 0) is 0 Å². The molecule has 1 N–H and O–H groups in total. The summed E-state index contributed by atoms with van der Waals surface area (Å²) in [6.07, 6.45) is 1.53. The molecule has 0 unspecified atom stereocenters. The van der Waals surface area contributed by atoms with Crippen molar-refractivity contribution in [1.29, 1.82) is 0 Å². The number of benzene rings is 1. The molecule has 0 fully saturated rings. The van der Waals surface area contributed by atoms with E-state index in [9.17, 15) is 9.18 Å². The van der Waals surface area contributed by atoms with Gasteiger partial charge in [-0.2, -0.15) is 0 Å². The second kappa shape index (κ2) is 4.02. The maximum atomic E-state index is 13.4. The molecule has 16 heavy (non-hydrogen) atoms. The zero-order valence-electron chi connectivity index (χ0n) is 8.53. The summed E-state index contributed by atoms with van der Waals surface area (Å²) in [7, 11) is 0. The predicted molar refractivity (Wildman–Crippen MR) is 61.9 cm³/mol. The van der Waals surface area contributed by atoms with Crippen molar-refractivity contribution in [2.75, 3.05) is 0 Å². The summed E-state index contributed by atoms with van der Waals surface area (Å²) in [6.45, 7) is 1.66. The van der Waals surface area contributed by atoms with E-state index in [1.54, 1.807) is 23.6 Å². The number of hydrogen-bond acceptors (Lipinski definition) is 2. The number of nitrogens with zero attached hydrogens (tertiary/aromatic N) is 1. The molecule has 1 aromatic carbocycles. The van der Waals surface area contributed by atoms with Crippen LogP contribution < -0.4 is 5.56 Å². The number of nitrogens with one attached hydrogen (secondary N) is 1. The number of halogens is 1. The molecule has 0 aliphatic heterocycles. The molecule has 0 atom stereocenters. The molecule has 0 bridgehead atoms. The van der Waals surface area contributed by atoms with E-state index in [-0.39, 0.29) is 16.1 Å². The summed E-state index contributed by atoms with van der Waals surface area (Å²) in [5.74, 6) is -0.300. The molecule has 0 saturated carbocycles. The first-order valence-corrected chi connectivity index (χ1v) is 5.08. The van der Waals surface area contributed by atoms with E-state index < -0.39 is 0 Å². The first-order valence-electron chi connectivity index (χ1n) is 4.67. The molecule has 0 aliphatic rings. The van der Waals surface area contributed by atoms with Crippen molar-refractivity contribution in [2.24, 2.45) is 0 Å². The quantitative estimate of drug-likeness (QED) is 0.772. The van der Waals surface area contributed by atoms with Gasteiger partial charge in [0.05, 0.1) is 5.69 Å². The van der Waals surface area contributed by atoms with Crippen LogP contribution in [0.2, 0.25) is 0 Å². The largest absolute Gasteiger partial charge is 0.299 e. The second-order valence-electron chi connectivity index (χ2n) is 3.36. The maximum Gasteiger partial charge on any atom is 0.251 e. The van der Waals surface area contributed by atoms with E-state index >= 15 is 0 Å². The Kier molecular flexibility index (Phi) is 2.70. The predicted octanol–water partition coefficient (Wildman–Crippen LogP) is 2.34. The first-order chi connectivity index (χ1) is 7.59. The Morgan fingerprint density at radius 2 is 2.12 bits per heavy atom. The number of aromatic nitrogens is 2. The maximum absolute atomic E-state index is 13.4. The highest BCUT2D eigenvalue weighted by molar-refractivity contribution is 7.71. The van der Waals surface area contributed by atoms with Crippen LogP contribution in [0.3, 0.4) is 0 Å². The number of hydrogen-bond donors (Lipinski definition) is 1. The monoisotopic (exact) mass is 236 g/mol. The summed E-state index contributed by atoms with van der Waals surface area (Å²) in [5, 5.41) is 0. The average molecular weight is 236 g/mol. The fraction of sp³-hybridized carbons (Fsp3) is 0.0909. The minimum Gasteiger partial charge on any atom is -0.299 e. The van der Waals surface area contributed by atoms with E-state index in [0.717, 1.165) is 0 Å². The lowest BCUT2D eigenvalue weighted by Crippen LogP contribution is -2.10. The van der Waals surface area contributed by atoms with Crippen molar-refractivity contribution in [3.8, 4) is 5.69 Å². The van der Waals surface area contributed by atoms with Gasteiger partial charge >= 0.3 is 0 Å². The van der Waals surface area contributed by atoms with Gasteiger partial charge < -0.3 is 0 Å². The molecular formula is C11H9FN2OS. The number of rotatable bonds is 1. The van der Waals surface area contributed by atoms with E-state index in [1.807, 2.05) is 0 Å². The molecule has 3 nitrogen and oxygen atoms in total. The Morgan fingerprint density at radius 3 is 2.81 bits per heavy atom. The van der Waals surface area contributed by atoms with Gasteiger partial charge in [-0.25, -0.2) is 4.39 Å². The summed E-state index contributed by atoms with van der Waals surface area (Å²) < 4.78 is 15.2. The molecule has 0 saturated heterocycles. The van der Waals surface area contributed by atoms with Gasteiger partial charge in [0.2, 0.25) is 0 Å². The highest BCUT2D eigenvalue weighted by atomic mass is 32.1. The fourth-order valence-corrected chi connectivity index (χ4v) is 1.72. The Bertz CT molecular complexity index is 645. The molecule has 0 spiro atoms. The van der Waals surface area contributed by atoms with Crippen molar-refractivity contribution in [1.82, 2.24) is 9.55 Å². The van der Waals surface area contributed by atoms with Gasteiger partial charge in [-0.3, -0.25) is 14.3 Å². The zero-order chi connectivity index (χ0) is 11.7. The highest BCUT2D eigenvalue weighted by Crippen LogP contribution is 2.16. The lowest BCUT2D eigenvalue weighted by molar-refractivity contribution is 0.616. The highest BCUT2D eigenvalue weighted by Gasteiger charge is 2.05. The molecule has 0 radical (unpaired) electrons. The van der Waals surface area contributed by atoms with Crippen LogP contribution in [0.15, 0.2) is 35.3 Å². The lowest BCUT2D eigenvalue weighted by Gasteiger charge is -2.09. The molecule has 1 heterocycles. The van der Waals surface area contributed by atoms with Crippen molar-refractivity contribution in [2.45, 2.75) is 6.92 Å². The third-order valence-corrected chi connectivity index (χ3v) is 2.62. The molecule has 0 amide bonds. The Morgan fingerprint density at radius 1 is 1.38 bits per heavy atom. The Hall–Kier alpha value is -1.75. The van der Waals surface area contributed by atoms with Crippen LogP contribution in [-0.4, -0.2) is 9.55 Å². The summed E-state index contributed by atoms with van der Waals surface area (Å²) in [6, 6.07) is 6.07. The third-order valence-electron chi connectivity index (χ3n) is 2.32. The van der Waals surface area contributed by atoms with Crippen LogP contribution in [0.25, 0.3) is 5.69 Å². The van der Waals surface area contributed by atoms with E-state index in [1.165, 1.54) is 18.3 Å². The van der Waals surface area contributed by atoms with E-state index in [2.05, 4.69) is 4.98 Å². The average Bonchev–Trinajstić information content (AvgIpc) is 2.23. The lowest BCUT2D eigenvalue weighted by atomic mass is 10.2. The summed E-state index contributed by atoms with van der Waals surface area (Å²) in [4.78, 5) is 13.5. The third kappa shape index (κ3) is 1.81. The Labute approximate surface area is 96.2 Å². The van der Waals surface area contributed by atoms with Crippen LogP contribution in [0.4, 0.5) is 4.39 Å². The molecule has 5 heteroatoms. The van der Waals surface area contributed by atoms with E-state index in [0.29, 0.717) is 11.3 Å². The van der Waals surface area contributed by atoms with Crippen LogP contribution >= 0.6 is 12.2 Å². The normalized spacial score (nSPS) is 10.4. The Balaban J connectivity index is 2.73. The van der Waals surface area contributed by atoms with Crippen molar-refractivity contribution in [3.05, 3.63) is 57.0 Å². The first kappa shape index (κ1) is 10.8. The smallest absolute Gasteiger partial charge is 0.251 e. The van der Waals surface area contributed by atoms with Gasteiger partial charge in [0, 0.05) is 17.8 Å². The standard InChI is InChI=1S/C11H9FN2OS/c1-7-8(12)3-2-4-9(7)14-6-5-10(15)13-11(14)16/h2-6H,1H3,(H,13,15,16). The molecule has 2 aromatic rings. The minimum absolute atomic E-state index is 0.251. The van der Waals surface area contributed by atoms with Gasteiger partial charge in [0.1, 0.15) is 5.82 Å². The van der Waals surface area contributed by atoms with Gasteiger partial charge in [0.15, 0.2) is 4.77 Å². The van der Waals surface area contributed by atoms with Gasteiger partial charge in [-0.05, 0) is 31.3 Å². The topological polar surface area (TPSA) is 37.8 Å². The van der Waals surface area contributed by atoms with Crippen LogP contribution in [0.5, 0.6) is 0 Å². The molecular weight excluding hydrogens is 227 g/mol. The molecule has 82 valence electrons. The zero-order valence-corrected chi connectivity index (χ0v) is 9.34. The second-order valence-corrected chi connectivity index (χ2v) is 3.75. The molecule has 2 rings (SSSR count). The number of H-pyrrole nitrogens is 1. The molecule has 0 aliphatic carbocycles. The fourth-order valence-electron chi connectivity index (χ4n) is 1.46. The van der Waals surface area contributed by atoms with Crippen molar-refractivity contribution < 1.29 is 4.39 Å². The van der Waals surface area contributed by atoms with E-state index in [4.69, 9.17) is 12.2 Å². The van der Waals surface area contributed by atoms with Gasteiger partial charge in [-0.1, -0.05) is 6.07 Å². The van der Waals surface area contributed by atoms with Gasteiger partial charge in [-0.15, -0.1) is 0 Å². The van der Waals surface area contributed by atoms with Crippen molar-refractivity contribution in [3.63, 3.8) is 0 Å². The summed E-state index contributed by atoms with van der Waals surface area (Å²) in [5.41, 5.74) is 0.849. The minimum atomic E-state index is -0.300. The van der Waals surface area contributed by atoms with Crippen LogP contribution in [0.1, 0.15) is 5.56 Å². The van der Waals surface area contributed by atoms with Crippen molar-refractivity contribution >= 4 is 12.2 Å². The SMILES string of the molecule is Cc1c(F)cccc1-n1ccc(=O)[nH]c1=S. The van der Waals surface area contributed by atoms with Gasteiger partial charge in [0.25, 0.3) is 5.56 Å².